The molecule has 0 unspecified atom stereocenters. The van der Waals surface area contributed by atoms with Gasteiger partial charge in [0, 0.05) is 49.9 Å². The van der Waals surface area contributed by atoms with Gasteiger partial charge in [-0.25, -0.2) is 0 Å². The molecule has 6 nitrogen and oxygen atoms in total. The van der Waals surface area contributed by atoms with Gasteiger partial charge >= 0.3 is 0 Å². The number of fused-ring (bicyclic) bond motifs is 1. The molecule has 1 aliphatic carbocycles. The first kappa shape index (κ1) is 22.1. The minimum absolute atomic E-state index is 0. The number of aromatic amines is 1. The number of hydrogen-bond donors (Lipinski definition) is 2. The molecule has 1 saturated heterocycles. The van der Waals surface area contributed by atoms with Gasteiger partial charge in [-0.05, 0) is 43.6 Å². The monoisotopic (exact) mass is 512 g/mol. The Morgan fingerprint density at radius 1 is 1.21 bits per heavy atom. The standard InChI is InChI=1S/C22H32N4O2.HI/c1-23-21(26-11-9-22(15-26)7-5-8-22)24-10-4-6-16-12-18-19(25-16)13-17(27-2)14-20(18)28-3;/h12-14,25H,4-11,15H2,1-3H3,(H,23,24);1H. The fourth-order valence-corrected chi connectivity index (χ4v) is 4.67. The van der Waals surface area contributed by atoms with Crippen molar-refractivity contribution in [2.24, 2.45) is 10.4 Å². The molecule has 2 N–H and O–H groups in total. The normalized spacial score (nSPS) is 17.9. The summed E-state index contributed by atoms with van der Waals surface area (Å²) >= 11 is 0. The zero-order valence-corrected chi connectivity index (χ0v) is 20.0. The Bertz CT molecular complexity index is 860. The van der Waals surface area contributed by atoms with Crippen LogP contribution in [0.15, 0.2) is 23.2 Å². The lowest BCUT2D eigenvalue weighted by Gasteiger charge is -2.38. The van der Waals surface area contributed by atoms with Gasteiger partial charge in [0.25, 0.3) is 0 Å². The number of H-pyrrole nitrogens is 1. The molecule has 2 aliphatic rings. The molecule has 0 radical (unpaired) electrons. The molecule has 1 spiro atoms. The Balaban J connectivity index is 0.00000240. The summed E-state index contributed by atoms with van der Waals surface area (Å²) in [6, 6.07) is 6.13. The lowest BCUT2D eigenvalue weighted by molar-refractivity contribution is 0.151. The lowest BCUT2D eigenvalue weighted by atomic mass is 9.68. The number of nitrogens with zero attached hydrogens (tertiary/aromatic N) is 2. The topological polar surface area (TPSA) is 61.9 Å². The molecular formula is C22H33IN4O2. The van der Waals surface area contributed by atoms with Crippen LogP contribution in [0.2, 0.25) is 0 Å². The van der Waals surface area contributed by atoms with Gasteiger partial charge in [-0.1, -0.05) is 6.42 Å². The summed E-state index contributed by atoms with van der Waals surface area (Å²) in [5.74, 6) is 2.71. The van der Waals surface area contributed by atoms with Crippen LogP contribution < -0.4 is 14.8 Å². The first-order valence-corrected chi connectivity index (χ1v) is 10.4. The van der Waals surface area contributed by atoms with Gasteiger partial charge in [0.15, 0.2) is 5.96 Å². The molecule has 1 aromatic heterocycles. The summed E-state index contributed by atoms with van der Waals surface area (Å²) in [4.78, 5) is 10.5. The van der Waals surface area contributed by atoms with Crippen LogP contribution in [0.4, 0.5) is 0 Å². The number of hydrogen-bond acceptors (Lipinski definition) is 3. The van der Waals surface area contributed by atoms with Crippen molar-refractivity contribution in [3.05, 3.63) is 23.9 Å². The number of aliphatic imine (C=N–C) groups is 1. The van der Waals surface area contributed by atoms with E-state index >= 15 is 0 Å². The van der Waals surface area contributed by atoms with Gasteiger partial charge < -0.3 is 24.7 Å². The van der Waals surface area contributed by atoms with Crippen LogP contribution in [0.1, 0.15) is 37.8 Å². The molecule has 0 bridgehead atoms. The number of benzene rings is 1. The Labute approximate surface area is 190 Å². The molecule has 1 aliphatic heterocycles. The van der Waals surface area contributed by atoms with Crippen molar-refractivity contribution in [1.29, 1.82) is 0 Å². The first-order chi connectivity index (χ1) is 13.7. The van der Waals surface area contributed by atoms with Gasteiger partial charge in [-0.15, -0.1) is 24.0 Å². The highest BCUT2D eigenvalue weighted by atomic mass is 127. The predicted octanol–water partition coefficient (Wildman–Crippen LogP) is 4.19. The highest BCUT2D eigenvalue weighted by Crippen LogP contribution is 2.47. The van der Waals surface area contributed by atoms with Crippen LogP contribution in [0.25, 0.3) is 10.9 Å². The Kier molecular flexibility index (Phi) is 7.19. The quantitative estimate of drug-likeness (QED) is 0.264. The maximum atomic E-state index is 5.51. The number of likely N-dealkylation sites (tertiary alicyclic amines) is 1. The number of rotatable bonds is 6. The van der Waals surface area contributed by atoms with Gasteiger partial charge in [0.1, 0.15) is 11.5 Å². The lowest BCUT2D eigenvalue weighted by Crippen LogP contribution is -2.42. The second-order valence-electron chi connectivity index (χ2n) is 8.19. The number of guanidine groups is 1. The van der Waals surface area contributed by atoms with E-state index in [2.05, 4.69) is 26.3 Å². The van der Waals surface area contributed by atoms with E-state index in [0.29, 0.717) is 5.41 Å². The number of methoxy groups -OCH3 is 2. The summed E-state index contributed by atoms with van der Waals surface area (Å²) in [5, 5.41) is 4.66. The zero-order chi connectivity index (χ0) is 19.6. The third-order valence-corrected chi connectivity index (χ3v) is 6.45. The summed E-state index contributed by atoms with van der Waals surface area (Å²) in [7, 11) is 5.27. The number of aromatic nitrogens is 1. The Morgan fingerprint density at radius 2 is 2.03 bits per heavy atom. The van der Waals surface area contributed by atoms with E-state index in [4.69, 9.17) is 9.47 Å². The molecule has 0 amide bonds. The van der Waals surface area contributed by atoms with E-state index in [-0.39, 0.29) is 24.0 Å². The van der Waals surface area contributed by atoms with Crippen LogP contribution in [0.5, 0.6) is 11.5 Å². The van der Waals surface area contributed by atoms with E-state index in [0.717, 1.165) is 54.3 Å². The first-order valence-electron chi connectivity index (χ1n) is 10.4. The molecule has 7 heteroatoms. The van der Waals surface area contributed by atoms with E-state index in [1.807, 2.05) is 19.2 Å². The molecule has 4 rings (SSSR count). The highest BCUT2D eigenvalue weighted by molar-refractivity contribution is 14.0. The molecule has 2 heterocycles. The molecular weight excluding hydrogens is 479 g/mol. The smallest absolute Gasteiger partial charge is 0.193 e. The molecule has 1 aromatic carbocycles. The number of nitrogens with one attached hydrogen (secondary N) is 2. The van der Waals surface area contributed by atoms with Crippen molar-refractivity contribution >= 4 is 40.8 Å². The van der Waals surface area contributed by atoms with Crippen molar-refractivity contribution in [1.82, 2.24) is 15.2 Å². The zero-order valence-electron chi connectivity index (χ0n) is 17.7. The van der Waals surface area contributed by atoms with E-state index in [9.17, 15) is 0 Å². The minimum atomic E-state index is 0. The van der Waals surface area contributed by atoms with Gasteiger partial charge in [-0.2, -0.15) is 0 Å². The molecule has 160 valence electrons. The maximum absolute atomic E-state index is 5.51. The van der Waals surface area contributed by atoms with Crippen molar-refractivity contribution < 1.29 is 9.47 Å². The average Bonchev–Trinajstić information content (AvgIpc) is 3.31. The third-order valence-electron chi connectivity index (χ3n) is 6.45. The fourth-order valence-electron chi connectivity index (χ4n) is 4.67. The van der Waals surface area contributed by atoms with Crippen LogP contribution >= 0.6 is 24.0 Å². The van der Waals surface area contributed by atoms with E-state index in [1.165, 1.54) is 37.9 Å². The van der Waals surface area contributed by atoms with Crippen LogP contribution in [-0.4, -0.2) is 56.7 Å². The molecule has 29 heavy (non-hydrogen) atoms. The Hall–Kier alpha value is -1.64. The van der Waals surface area contributed by atoms with Crippen molar-refractivity contribution in [2.75, 3.05) is 40.9 Å². The van der Waals surface area contributed by atoms with Gasteiger partial charge in [0.05, 0.1) is 19.7 Å². The summed E-state index contributed by atoms with van der Waals surface area (Å²) in [5.41, 5.74) is 2.87. The molecule has 0 atom stereocenters. The average molecular weight is 512 g/mol. The van der Waals surface area contributed by atoms with Gasteiger partial charge in [0.2, 0.25) is 0 Å². The summed E-state index contributed by atoms with van der Waals surface area (Å²) in [6.07, 6.45) is 7.55. The van der Waals surface area contributed by atoms with Crippen molar-refractivity contribution in [3.63, 3.8) is 0 Å². The van der Waals surface area contributed by atoms with E-state index < -0.39 is 0 Å². The molecule has 2 fully saturated rings. The Morgan fingerprint density at radius 3 is 2.66 bits per heavy atom. The summed E-state index contributed by atoms with van der Waals surface area (Å²) in [6.45, 7) is 3.24. The van der Waals surface area contributed by atoms with Gasteiger partial charge in [-0.3, -0.25) is 4.99 Å². The largest absolute Gasteiger partial charge is 0.497 e. The number of halogens is 1. The van der Waals surface area contributed by atoms with Crippen LogP contribution in [-0.2, 0) is 6.42 Å². The predicted molar refractivity (Wildman–Crippen MR) is 129 cm³/mol. The highest BCUT2D eigenvalue weighted by Gasteiger charge is 2.43. The van der Waals surface area contributed by atoms with Crippen molar-refractivity contribution in [2.45, 2.75) is 38.5 Å². The third kappa shape index (κ3) is 4.59. The van der Waals surface area contributed by atoms with Crippen LogP contribution in [0, 0.1) is 5.41 Å². The minimum Gasteiger partial charge on any atom is -0.497 e. The fraction of sp³-hybridized carbons (Fsp3) is 0.591. The van der Waals surface area contributed by atoms with E-state index in [1.54, 1.807) is 14.2 Å². The number of aryl methyl sites for hydroxylation is 1. The molecule has 1 saturated carbocycles. The van der Waals surface area contributed by atoms with Crippen LogP contribution in [0.3, 0.4) is 0 Å². The number of ether oxygens (including phenoxy) is 2. The second kappa shape index (κ2) is 9.45. The maximum Gasteiger partial charge on any atom is 0.193 e. The summed E-state index contributed by atoms with van der Waals surface area (Å²) < 4.78 is 10.9. The second-order valence-corrected chi connectivity index (χ2v) is 8.19. The molecule has 2 aromatic rings. The van der Waals surface area contributed by atoms with Crippen molar-refractivity contribution in [3.8, 4) is 11.5 Å². The SMILES string of the molecule is CN=C(NCCCc1cc2c(OC)cc(OC)cc2[nH]1)N1CCC2(CCC2)C1.I.